The molecule has 1 saturated heterocycles. The Kier molecular flexibility index (Phi) is 5.34. The number of fused-ring (bicyclic) bond motifs is 1. The van der Waals surface area contributed by atoms with Gasteiger partial charge in [0.1, 0.15) is 0 Å². The van der Waals surface area contributed by atoms with Gasteiger partial charge in [0, 0.05) is 30.7 Å². The molecule has 0 saturated carbocycles. The molecule has 5 nitrogen and oxygen atoms in total. The van der Waals surface area contributed by atoms with E-state index in [1.165, 1.54) is 16.7 Å². The van der Waals surface area contributed by atoms with Crippen molar-refractivity contribution in [1.82, 2.24) is 9.80 Å². The summed E-state index contributed by atoms with van der Waals surface area (Å²) >= 11 is 13.9. The average molecular weight is 401 g/mol. The van der Waals surface area contributed by atoms with Crippen LogP contribution in [0.25, 0.3) is 4.91 Å². The number of hydrogen-bond donors (Lipinski definition) is 1. The number of rotatable bonds is 4. The summed E-state index contributed by atoms with van der Waals surface area (Å²) in [6.45, 7) is 2.05. The first kappa shape index (κ1) is 18.6. The third-order valence-electron chi connectivity index (χ3n) is 4.53. The Morgan fingerprint density at radius 3 is 2.68 bits per heavy atom. The highest BCUT2D eigenvalue weighted by atomic mass is 35.5. The van der Waals surface area contributed by atoms with E-state index in [-0.39, 0.29) is 30.5 Å². The van der Waals surface area contributed by atoms with Gasteiger partial charge in [-0.25, -0.2) is 4.79 Å². The highest BCUT2D eigenvalue weighted by molar-refractivity contribution is 8.09. The first-order chi connectivity index (χ1) is 11.9. The summed E-state index contributed by atoms with van der Waals surface area (Å²) in [6, 6.07) is 5.07. The van der Waals surface area contributed by atoms with E-state index in [9.17, 15) is 9.59 Å². The van der Waals surface area contributed by atoms with Crippen molar-refractivity contribution in [3.05, 3.63) is 39.4 Å². The number of nitrogens with zero attached hydrogens (tertiary/aromatic N) is 2. The molecule has 2 unspecified atom stereocenters. The van der Waals surface area contributed by atoms with Gasteiger partial charge in [-0.1, -0.05) is 47.1 Å². The molecule has 2 aliphatic heterocycles. The lowest BCUT2D eigenvalue weighted by Crippen LogP contribution is -2.58. The van der Waals surface area contributed by atoms with Gasteiger partial charge in [-0.15, -0.1) is 0 Å². The standard InChI is InChI=1S/C17H18Cl2N2O3S/c1-9-12-15(23)21(7-4-8-22)17(24)20(2)16(12)25-14(9)10-5-3-6-11(18)13(10)19/h3,5-6,12,16,22H,4,7-8H2,1-2H3. The summed E-state index contributed by atoms with van der Waals surface area (Å²) < 4.78 is 0. The zero-order valence-electron chi connectivity index (χ0n) is 13.8. The Morgan fingerprint density at radius 2 is 2.00 bits per heavy atom. The van der Waals surface area contributed by atoms with Gasteiger partial charge in [0.15, 0.2) is 0 Å². The summed E-state index contributed by atoms with van der Waals surface area (Å²) in [5, 5.41) is 9.62. The molecular formula is C17H18Cl2N2O3S. The van der Waals surface area contributed by atoms with Crippen LogP contribution in [-0.4, -0.2) is 52.4 Å². The number of halogens is 2. The van der Waals surface area contributed by atoms with Crippen LogP contribution in [0.5, 0.6) is 0 Å². The van der Waals surface area contributed by atoms with Gasteiger partial charge in [0.25, 0.3) is 0 Å². The second kappa shape index (κ2) is 7.19. The van der Waals surface area contributed by atoms with Crippen molar-refractivity contribution >= 4 is 51.8 Å². The molecule has 3 amide bonds. The van der Waals surface area contributed by atoms with E-state index in [0.717, 1.165) is 16.0 Å². The summed E-state index contributed by atoms with van der Waals surface area (Å²) in [5.41, 5.74) is 1.67. The predicted molar refractivity (Wildman–Crippen MR) is 100 cm³/mol. The van der Waals surface area contributed by atoms with Crippen LogP contribution in [0.2, 0.25) is 10.0 Å². The van der Waals surface area contributed by atoms with Crippen molar-refractivity contribution in [1.29, 1.82) is 0 Å². The minimum atomic E-state index is -0.420. The number of carbonyl (C=O) groups is 2. The molecule has 0 aromatic heterocycles. The van der Waals surface area contributed by atoms with Crippen molar-refractivity contribution in [2.45, 2.75) is 18.7 Å². The summed E-state index contributed by atoms with van der Waals surface area (Å²) in [5.74, 6) is -0.642. The summed E-state index contributed by atoms with van der Waals surface area (Å²) in [4.78, 5) is 29.1. The third-order valence-corrected chi connectivity index (χ3v) is 6.96. The van der Waals surface area contributed by atoms with Gasteiger partial charge >= 0.3 is 6.03 Å². The van der Waals surface area contributed by atoms with Crippen LogP contribution >= 0.6 is 35.0 Å². The number of amides is 3. The number of hydrogen-bond acceptors (Lipinski definition) is 4. The molecule has 0 spiro atoms. The molecule has 1 fully saturated rings. The highest BCUT2D eigenvalue weighted by Gasteiger charge is 2.50. The number of aliphatic hydroxyl groups is 1. The Balaban J connectivity index is 2.00. The maximum Gasteiger partial charge on any atom is 0.327 e. The van der Waals surface area contributed by atoms with E-state index in [0.29, 0.717) is 16.5 Å². The summed E-state index contributed by atoms with van der Waals surface area (Å²) in [6.07, 6.45) is 0.367. The zero-order valence-corrected chi connectivity index (χ0v) is 16.2. The van der Waals surface area contributed by atoms with E-state index in [1.807, 2.05) is 19.1 Å². The number of urea groups is 1. The van der Waals surface area contributed by atoms with Gasteiger partial charge in [0.2, 0.25) is 5.91 Å². The van der Waals surface area contributed by atoms with Gasteiger partial charge in [-0.3, -0.25) is 9.69 Å². The minimum Gasteiger partial charge on any atom is -0.396 e. The molecule has 0 radical (unpaired) electrons. The number of benzene rings is 1. The molecule has 2 aliphatic rings. The molecule has 2 atom stereocenters. The smallest absolute Gasteiger partial charge is 0.327 e. The van der Waals surface area contributed by atoms with Crippen molar-refractivity contribution in [3.8, 4) is 0 Å². The molecule has 1 N–H and O–H groups in total. The Morgan fingerprint density at radius 1 is 1.28 bits per heavy atom. The van der Waals surface area contributed by atoms with E-state index < -0.39 is 5.92 Å². The SMILES string of the molecule is CC1=C(c2cccc(Cl)c2Cl)SC2C1C(=O)N(CCCO)C(=O)N2C. The highest BCUT2D eigenvalue weighted by Crippen LogP contribution is 2.52. The van der Waals surface area contributed by atoms with Crippen molar-refractivity contribution in [3.63, 3.8) is 0 Å². The van der Waals surface area contributed by atoms with Crippen molar-refractivity contribution in [2.75, 3.05) is 20.2 Å². The van der Waals surface area contributed by atoms with Crippen LogP contribution in [-0.2, 0) is 4.79 Å². The van der Waals surface area contributed by atoms with Crippen LogP contribution in [0, 0.1) is 5.92 Å². The fraction of sp³-hybridized carbons (Fsp3) is 0.412. The molecule has 0 bridgehead atoms. The van der Waals surface area contributed by atoms with E-state index >= 15 is 0 Å². The fourth-order valence-corrected chi connectivity index (χ4v) is 5.21. The Hall–Kier alpha value is -1.21. The molecule has 25 heavy (non-hydrogen) atoms. The van der Waals surface area contributed by atoms with E-state index in [2.05, 4.69) is 0 Å². The molecule has 134 valence electrons. The van der Waals surface area contributed by atoms with Crippen LogP contribution in [0.15, 0.2) is 23.8 Å². The lowest BCUT2D eigenvalue weighted by atomic mass is 9.94. The number of thioether (sulfide) groups is 1. The molecular weight excluding hydrogens is 383 g/mol. The first-order valence-electron chi connectivity index (χ1n) is 7.89. The van der Waals surface area contributed by atoms with Crippen LogP contribution < -0.4 is 0 Å². The topological polar surface area (TPSA) is 60.9 Å². The Labute approximate surface area is 160 Å². The first-order valence-corrected chi connectivity index (χ1v) is 9.53. The van der Waals surface area contributed by atoms with Gasteiger partial charge in [0.05, 0.1) is 21.3 Å². The maximum atomic E-state index is 12.9. The molecule has 1 aromatic rings. The number of imide groups is 1. The Bertz CT molecular complexity index is 768. The molecule has 2 heterocycles. The lowest BCUT2D eigenvalue weighted by Gasteiger charge is -2.40. The zero-order chi connectivity index (χ0) is 18.3. The molecule has 3 rings (SSSR count). The summed E-state index contributed by atoms with van der Waals surface area (Å²) in [7, 11) is 1.70. The molecule has 8 heteroatoms. The van der Waals surface area contributed by atoms with Gasteiger partial charge in [-0.2, -0.15) is 0 Å². The van der Waals surface area contributed by atoms with Crippen molar-refractivity contribution in [2.24, 2.45) is 5.92 Å². The van der Waals surface area contributed by atoms with Crippen LogP contribution in [0.4, 0.5) is 4.79 Å². The second-order valence-corrected chi connectivity index (χ2v) is 7.97. The van der Waals surface area contributed by atoms with Crippen LogP contribution in [0.3, 0.4) is 0 Å². The number of aliphatic hydroxyl groups excluding tert-OH is 1. The van der Waals surface area contributed by atoms with Gasteiger partial charge in [-0.05, 0) is 25.0 Å². The van der Waals surface area contributed by atoms with Crippen LogP contribution in [0.1, 0.15) is 18.9 Å². The molecule has 0 aliphatic carbocycles. The maximum absolute atomic E-state index is 12.9. The average Bonchev–Trinajstić information content (AvgIpc) is 2.93. The van der Waals surface area contributed by atoms with Crippen molar-refractivity contribution < 1.29 is 14.7 Å². The quantitative estimate of drug-likeness (QED) is 0.836. The fourth-order valence-electron chi connectivity index (χ4n) is 3.20. The molecule has 1 aromatic carbocycles. The third kappa shape index (κ3) is 3.05. The minimum absolute atomic E-state index is 0.0676. The monoisotopic (exact) mass is 400 g/mol. The normalized spacial score (nSPS) is 23.6. The predicted octanol–water partition coefficient (Wildman–Crippen LogP) is 3.69. The van der Waals surface area contributed by atoms with E-state index in [1.54, 1.807) is 18.0 Å². The number of carbonyl (C=O) groups excluding carboxylic acids is 2. The van der Waals surface area contributed by atoms with Gasteiger partial charge < -0.3 is 10.0 Å². The second-order valence-electron chi connectivity index (χ2n) is 6.06. The largest absolute Gasteiger partial charge is 0.396 e. The van der Waals surface area contributed by atoms with E-state index in [4.69, 9.17) is 28.3 Å². The lowest BCUT2D eigenvalue weighted by molar-refractivity contribution is -0.135.